The minimum Gasteiger partial charge on any atom is -0.439 e. The Morgan fingerprint density at radius 2 is 1.88 bits per heavy atom. The highest BCUT2D eigenvalue weighted by atomic mass is 19.4. The Labute approximate surface area is 144 Å². The number of fused-ring (bicyclic) bond motifs is 1. The zero-order valence-corrected chi connectivity index (χ0v) is 13.0. The normalized spacial score (nSPS) is 11.7. The Morgan fingerprint density at radius 1 is 1.00 bits per heavy atom. The van der Waals surface area contributed by atoms with Crippen molar-refractivity contribution in [1.29, 1.82) is 0 Å². The quantitative estimate of drug-likeness (QED) is 0.594. The number of hydrogen-bond acceptors (Lipinski definition) is 5. The summed E-state index contributed by atoms with van der Waals surface area (Å²) in [5, 5.41) is 7.51. The van der Waals surface area contributed by atoms with Crippen molar-refractivity contribution in [1.82, 2.24) is 25.1 Å². The van der Waals surface area contributed by atoms with Gasteiger partial charge in [-0.1, -0.05) is 0 Å². The third-order valence-electron chi connectivity index (χ3n) is 3.55. The molecule has 3 heterocycles. The number of halogens is 3. The van der Waals surface area contributed by atoms with Gasteiger partial charge in [-0.15, -0.1) is 0 Å². The zero-order chi connectivity index (χ0) is 18.1. The van der Waals surface area contributed by atoms with E-state index in [4.69, 9.17) is 4.74 Å². The number of hydrogen-bond donors (Lipinski definition) is 1. The lowest BCUT2D eigenvalue weighted by Crippen LogP contribution is -2.10. The van der Waals surface area contributed by atoms with Gasteiger partial charge in [0.05, 0.1) is 11.7 Å². The number of alkyl halides is 3. The van der Waals surface area contributed by atoms with E-state index in [0.29, 0.717) is 16.8 Å². The van der Waals surface area contributed by atoms with Crippen LogP contribution >= 0.6 is 0 Å². The molecular weight excluding hydrogens is 347 g/mol. The number of nitrogens with one attached hydrogen (secondary N) is 1. The number of benzene rings is 1. The fourth-order valence-electron chi connectivity index (χ4n) is 2.35. The number of nitrogens with zero attached hydrogens (tertiary/aromatic N) is 4. The van der Waals surface area contributed by atoms with Gasteiger partial charge in [-0.05, 0) is 24.3 Å². The molecule has 4 aromatic rings. The van der Waals surface area contributed by atoms with Gasteiger partial charge in [0.2, 0.25) is 5.88 Å². The van der Waals surface area contributed by atoms with Crippen molar-refractivity contribution in [2.45, 2.75) is 6.18 Å². The molecule has 0 aliphatic carbocycles. The van der Waals surface area contributed by atoms with Crippen LogP contribution in [0.1, 0.15) is 5.69 Å². The van der Waals surface area contributed by atoms with E-state index in [9.17, 15) is 13.2 Å². The van der Waals surface area contributed by atoms with Crippen LogP contribution in [0.3, 0.4) is 0 Å². The molecule has 0 saturated heterocycles. The summed E-state index contributed by atoms with van der Waals surface area (Å²) in [6, 6.07) is 8.91. The Balaban J connectivity index is 1.76. The van der Waals surface area contributed by atoms with E-state index in [1.165, 1.54) is 12.4 Å². The van der Waals surface area contributed by atoms with Crippen molar-refractivity contribution in [3.05, 3.63) is 60.7 Å². The molecule has 6 nitrogen and oxygen atoms in total. The SMILES string of the molecule is FC(F)(F)c1cc(Oc2ccc3cn[nH]c3c2)nc(-c2cccnc2)n1. The molecule has 130 valence electrons. The summed E-state index contributed by atoms with van der Waals surface area (Å²) >= 11 is 0. The second-order valence-electron chi connectivity index (χ2n) is 5.38. The molecule has 0 aliphatic rings. The number of ether oxygens (including phenoxy) is 1. The predicted octanol–water partition coefficient (Wildman–Crippen LogP) is 4.23. The maximum absolute atomic E-state index is 13.2. The molecule has 0 radical (unpaired) electrons. The molecule has 0 amide bonds. The minimum atomic E-state index is -4.63. The maximum Gasteiger partial charge on any atom is 0.433 e. The average molecular weight is 357 g/mol. The fraction of sp³-hybridized carbons (Fsp3) is 0.0588. The molecule has 1 N–H and O–H groups in total. The number of pyridine rings is 1. The highest BCUT2D eigenvalue weighted by Crippen LogP contribution is 2.33. The van der Waals surface area contributed by atoms with E-state index in [1.807, 2.05) is 0 Å². The van der Waals surface area contributed by atoms with Gasteiger partial charge in [-0.3, -0.25) is 10.1 Å². The Bertz CT molecular complexity index is 1060. The van der Waals surface area contributed by atoms with Crippen LogP contribution in [0.2, 0.25) is 0 Å². The molecule has 0 atom stereocenters. The van der Waals surface area contributed by atoms with Crippen molar-refractivity contribution in [3.63, 3.8) is 0 Å². The van der Waals surface area contributed by atoms with Gasteiger partial charge in [0.15, 0.2) is 11.5 Å². The lowest BCUT2D eigenvalue weighted by Gasteiger charge is -2.11. The first-order chi connectivity index (χ1) is 12.5. The molecule has 1 aromatic carbocycles. The van der Waals surface area contributed by atoms with E-state index in [1.54, 1.807) is 36.5 Å². The van der Waals surface area contributed by atoms with Crippen molar-refractivity contribution in [2.75, 3.05) is 0 Å². The minimum absolute atomic E-state index is 0.120. The van der Waals surface area contributed by atoms with Crippen molar-refractivity contribution in [2.24, 2.45) is 0 Å². The van der Waals surface area contributed by atoms with Crippen LogP contribution in [0.4, 0.5) is 13.2 Å². The van der Waals surface area contributed by atoms with Crippen molar-refractivity contribution < 1.29 is 17.9 Å². The summed E-state index contributed by atoms with van der Waals surface area (Å²) in [6.07, 6.45) is -0.110. The first-order valence-electron chi connectivity index (χ1n) is 7.47. The van der Waals surface area contributed by atoms with Crippen LogP contribution in [0.25, 0.3) is 22.3 Å². The summed E-state index contributed by atoms with van der Waals surface area (Å²) in [5.41, 5.74) is -0.0449. The standard InChI is InChI=1S/C17H10F3N5O/c18-17(19,20)14-7-15(24-16(23-14)11-2-1-5-21-8-11)26-12-4-3-10-9-22-25-13(10)6-12/h1-9H,(H,22,25). The predicted molar refractivity (Wildman–Crippen MR) is 86.4 cm³/mol. The third kappa shape index (κ3) is 3.18. The zero-order valence-electron chi connectivity index (χ0n) is 13.0. The van der Waals surface area contributed by atoms with E-state index >= 15 is 0 Å². The van der Waals surface area contributed by atoms with Crippen LogP contribution in [-0.4, -0.2) is 25.1 Å². The second-order valence-corrected chi connectivity index (χ2v) is 5.38. The van der Waals surface area contributed by atoms with Gasteiger partial charge in [0, 0.05) is 35.5 Å². The Morgan fingerprint density at radius 3 is 2.65 bits per heavy atom. The van der Waals surface area contributed by atoms with Crippen LogP contribution in [0.5, 0.6) is 11.6 Å². The summed E-state index contributed by atoms with van der Waals surface area (Å²) in [4.78, 5) is 11.5. The summed E-state index contributed by atoms with van der Waals surface area (Å²) in [6.45, 7) is 0. The maximum atomic E-state index is 13.2. The van der Waals surface area contributed by atoms with Crippen LogP contribution < -0.4 is 4.74 Å². The average Bonchev–Trinajstić information content (AvgIpc) is 3.09. The summed E-state index contributed by atoms with van der Waals surface area (Å²) in [7, 11) is 0. The van der Waals surface area contributed by atoms with Gasteiger partial charge < -0.3 is 4.74 Å². The van der Waals surface area contributed by atoms with Crippen LogP contribution in [-0.2, 0) is 6.18 Å². The van der Waals surface area contributed by atoms with Gasteiger partial charge in [0.25, 0.3) is 0 Å². The summed E-state index contributed by atoms with van der Waals surface area (Å²) in [5.74, 6) is -0.0127. The molecule has 3 aromatic heterocycles. The topological polar surface area (TPSA) is 76.6 Å². The largest absolute Gasteiger partial charge is 0.439 e. The van der Waals surface area contributed by atoms with Crippen molar-refractivity contribution >= 4 is 10.9 Å². The molecule has 0 aliphatic heterocycles. The highest BCUT2D eigenvalue weighted by Gasteiger charge is 2.34. The molecule has 0 bridgehead atoms. The van der Waals surface area contributed by atoms with Crippen LogP contribution in [0.15, 0.2) is 55.0 Å². The van der Waals surface area contributed by atoms with Gasteiger partial charge in [-0.25, -0.2) is 4.98 Å². The van der Waals surface area contributed by atoms with Crippen LogP contribution in [0, 0.1) is 0 Å². The van der Waals surface area contributed by atoms with E-state index < -0.39 is 11.9 Å². The second kappa shape index (κ2) is 6.10. The molecule has 0 fully saturated rings. The molecule has 0 spiro atoms. The number of aromatic nitrogens is 5. The first-order valence-corrected chi connectivity index (χ1v) is 7.47. The first kappa shape index (κ1) is 16.0. The van der Waals surface area contributed by atoms with Gasteiger partial charge >= 0.3 is 6.18 Å². The number of H-pyrrole nitrogens is 1. The van der Waals surface area contributed by atoms with Gasteiger partial charge in [-0.2, -0.15) is 23.3 Å². The molecule has 0 unspecified atom stereocenters. The van der Waals surface area contributed by atoms with E-state index in [0.717, 1.165) is 11.5 Å². The van der Waals surface area contributed by atoms with Crippen molar-refractivity contribution in [3.8, 4) is 23.0 Å². The molecule has 26 heavy (non-hydrogen) atoms. The Kier molecular flexibility index (Phi) is 3.76. The monoisotopic (exact) mass is 357 g/mol. The third-order valence-corrected chi connectivity index (χ3v) is 3.55. The Hall–Kier alpha value is -3.49. The molecule has 0 saturated carbocycles. The van der Waals surface area contributed by atoms with E-state index in [2.05, 4.69) is 25.1 Å². The lowest BCUT2D eigenvalue weighted by atomic mass is 10.2. The smallest absolute Gasteiger partial charge is 0.433 e. The number of rotatable bonds is 3. The molecular formula is C17H10F3N5O. The summed E-state index contributed by atoms with van der Waals surface area (Å²) < 4.78 is 45.1. The molecule has 9 heteroatoms. The molecule has 4 rings (SSSR count). The number of aromatic amines is 1. The van der Waals surface area contributed by atoms with Gasteiger partial charge in [0.1, 0.15) is 5.75 Å². The highest BCUT2D eigenvalue weighted by molar-refractivity contribution is 5.79. The fourth-order valence-corrected chi connectivity index (χ4v) is 2.35. The van der Waals surface area contributed by atoms with E-state index in [-0.39, 0.29) is 11.7 Å². The lowest BCUT2D eigenvalue weighted by molar-refractivity contribution is -0.141.